The molecule has 0 saturated heterocycles. The smallest absolute Gasteiger partial charge is 0.257 e. The molecule has 0 bridgehead atoms. The number of aryl methyl sites for hydroxylation is 1. The van der Waals surface area contributed by atoms with Crippen LogP contribution in [0.2, 0.25) is 0 Å². The van der Waals surface area contributed by atoms with E-state index < -0.39 is 0 Å². The molecule has 0 fully saturated rings. The monoisotopic (exact) mass is 465 g/mol. The van der Waals surface area contributed by atoms with Gasteiger partial charge < -0.3 is 19.5 Å². The Morgan fingerprint density at radius 3 is 2.79 bits per heavy atom. The lowest BCUT2D eigenvalue weighted by atomic mass is 9.90. The maximum atomic E-state index is 13.0. The van der Waals surface area contributed by atoms with Crippen LogP contribution in [0.1, 0.15) is 45.3 Å². The van der Waals surface area contributed by atoms with Crippen LogP contribution in [0.25, 0.3) is 0 Å². The van der Waals surface area contributed by atoms with Gasteiger partial charge >= 0.3 is 0 Å². The van der Waals surface area contributed by atoms with E-state index in [0.717, 1.165) is 35.4 Å². The number of ether oxygens (including phenoxy) is 3. The Balaban J connectivity index is 1.25. The average Bonchev–Trinajstić information content (AvgIpc) is 3.48. The molecule has 2 amide bonds. The minimum absolute atomic E-state index is 0.0630. The lowest BCUT2D eigenvalue weighted by molar-refractivity contribution is -0.123. The Hall–Kier alpha value is -3.59. The van der Waals surface area contributed by atoms with Gasteiger partial charge in [-0.15, -0.1) is 11.3 Å². The van der Waals surface area contributed by atoms with E-state index in [9.17, 15) is 9.59 Å². The first-order valence-corrected chi connectivity index (χ1v) is 11.5. The van der Waals surface area contributed by atoms with E-state index in [2.05, 4.69) is 15.6 Å². The van der Waals surface area contributed by atoms with Crippen molar-refractivity contribution in [2.45, 2.75) is 31.7 Å². The third-order valence-corrected chi connectivity index (χ3v) is 6.79. The van der Waals surface area contributed by atoms with E-state index in [1.807, 2.05) is 18.2 Å². The number of aromatic nitrogens is 1. The number of fused-ring (bicyclic) bond motifs is 2. The summed E-state index contributed by atoms with van der Waals surface area (Å²) in [7, 11) is 1.58. The SMILES string of the molecule is COc1ccc(C(=O)Nc2nc3c(s2)CCC[C@@H]3C(=O)NCc2ccc3c(c2)OCO3)cc1. The molecule has 0 radical (unpaired) electrons. The van der Waals surface area contributed by atoms with E-state index in [4.69, 9.17) is 14.2 Å². The minimum atomic E-state index is -0.328. The van der Waals surface area contributed by atoms with Crippen molar-refractivity contribution < 1.29 is 23.8 Å². The maximum absolute atomic E-state index is 13.0. The summed E-state index contributed by atoms with van der Waals surface area (Å²) in [5.41, 5.74) is 2.22. The Labute approximate surface area is 194 Å². The molecule has 5 rings (SSSR count). The second-order valence-electron chi connectivity index (χ2n) is 7.86. The topological polar surface area (TPSA) is 98.8 Å². The molecule has 8 nitrogen and oxygen atoms in total. The molecule has 2 N–H and O–H groups in total. The number of benzene rings is 2. The van der Waals surface area contributed by atoms with Crippen LogP contribution in [0.4, 0.5) is 5.13 Å². The number of carbonyl (C=O) groups is 2. The molecular formula is C24H23N3O5S. The largest absolute Gasteiger partial charge is 0.497 e. The Morgan fingerprint density at radius 2 is 1.97 bits per heavy atom. The summed E-state index contributed by atoms with van der Waals surface area (Å²) in [6, 6.07) is 12.5. The van der Waals surface area contributed by atoms with Gasteiger partial charge in [0.1, 0.15) is 5.75 Å². The number of anilines is 1. The number of rotatable bonds is 6. The van der Waals surface area contributed by atoms with E-state index in [-0.39, 0.29) is 24.5 Å². The van der Waals surface area contributed by atoms with E-state index >= 15 is 0 Å². The third-order valence-electron chi connectivity index (χ3n) is 5.75. The molecule has 9 heteroatoms. The standard InChI is InChI=1S/C24H23N3O5S/c1-30-16-8-6-15(7-9-16)22(28)27-24-26-21-17(3-2-4-20(21)33-24)23(29)25-12-14-5-10-18-19(11-14)32-13-31-18/h5-11,17H,2-4,12-13H2,1H3,(H,25,29)(H,26,27,28)/t17-/m0/s1. The zero-order valence-electron chi connectivity index (χ0n) is 18.1. The molecule has 1 aliphatic heterocycles. The van der Waals surface area contributed by atoms with Gasteiger partial charge in [-0.3, -0.25) is 14.9 Å². The fraction of sp³-hybridized carbons (Fsp3) is 0.292. The lowest BCUT2D eigenvalue weighted by Gasteiger charge is -2.20. The minimum Gasteiger partial charge on any atom is -0.497 e. The molecule has 3 aromatic rings. The first-order chi connectivity index (χ1) is 16.1. The summed E-state index contributed by atoms with van der Waals surface area (Å²) in [6.45, 7) is 0.615. The van der Waals surface area contributed by atoms with Crippen LogP contribution in [-0.4, -0.2) is 30.7 Å². The van der Waals surface area contributed by atoms with Gasteiger partial charge in [0.05, 0.1) is 18.7 Å². The van der Waals surface area contributed by atoms with Crippen molar-refractivity contribution in [1.82, 2.24) is 10.3 Å². The zero-order chi connectivity index (χ0) is 22.8. The molecule has 1 aromatic heterocycles. The summed E-state index contributed by atoms with van der Waals surface area (Å²) in [6.07, 6.45) is 2.50. The number of carbonyl (C=O) groups excluding carboxylic acids is 2. The number of thiazole rings is 1. The zero-order valence-corrected chi connectivity index (χ0v) is 18.9. The first kappa shape index (κ1) is 21.3. The molecule has 2 aliphatic rings. The lowest BCUT2D eigenvalue weighted by Crippen LogP contribution is -2.31. The van der Waals surface area contributed by atoms with Crippen molar-refractivity contribution in [3.8, 4) is 17.2 Å². The van der Waals surface area contributed by atoms with Crippen molar-refractivity contribution in [3.63, 3.8) is 0 Å². The normalized spacial score (nSPS) is 16.1. The highest BCUT2D eigenvalue weighted by molar-refractivity contribution is 7.16. The number of hydrogen-bond donors (Lipinski definition) is 2. The molecule has 1 atom stereocenters. The van der Waals surface area contributed by atoms with Crippen molar-refractivity contribution in [2.75, 3.05) is 19.2 Å². The predicted octanol–water partition coefficient (Wildman–Crippen LogP) is 3.87. The van der Waals surface area contributed by atoms with Gasteiger partial charge in [0, 0.05) is 17.0 Å². The molecule has 33 heavy (non-hydrogen) atoms. The van der Waals surface area contributed by atoms with Crippen molar-refractivity contribution >= 4 is 28.3 Å². The Kier molecular flexibility index (Phi) is 5.87. The van der Waals surface area contributed by atoms with Crippen molar-refractivity contribution in [2.24, 2.45) is 0 Å². The van der Waals surface area contributed by atoms with Crippen LogP contribution < -0.4 is 24.8 Å². The molecular weight excluding hydrogens is 442 g/mol. The molecule has 2 aromatic carbocycles. The van der Waals surface area contributed by atoms with Crippen molar-refractivity contribution in [3.05, 3.63) is 64.2 Å². The maximum Gasteiger partial charge on any atom is 0.257 e. The van der Waals surface area contributed by atoms with Gasteiger partial charge in [-0.2, -0.15) is 0 Å². The van der Waals surface area contributed by atoms with Gasteiger partial charge in [0.15, 0.2) is 16.6 Å². The molecule has 0 unspecified atom stereocenters. The number of nitrogens with zero attached hydrogens (tertiary/aromatic N) is 1. The van der Waals surface area contributed by atoms with E-state index in [0.29, 0.717) is 34.5 Å². The average molecular weight is 466 g/mol. The summed E-state index contributed by atoms with van der Waals surface area (Å²) in [5.74, 6) is 1.46. The molecule has 2 heterocycles. The number of hydrogen-bond acceptors (Lipinski definition) is 7. The molecule has 0 saturated carbocycles. The molecule has 1 aliphatic carbocycles. The van der Waals surface area contributed by atoms with Crippen LogP contribution in [-0.2, 0) is 17.8 Å². The molecule has 170 valence electrons. The van der Waals surface area contributed by atoms with Crippen LogP contribution in [0.5, 0.6) is 17.2 Å². The van der Waals surface area contributed by atoms with Gasteiger partial charge in [0.2, 0.25) is 12.7 Å². The Morgan fingerprint density at radius 1 is 1.15 bits per heavy atom. The quantitative estimate of drug-likeness (QED) is 0.574. The Bertz CT molecular complexity index is 1190. The van der Waals surface area contributed by atoms with Crippen molar-refractivity contribution in [1.29, 1.82) is 0 Å². The third kappa shape index (κ3) is 4.49. The van der Waals surface area contributed by atoms with Crippen LogP contribution >= 0.6 is 11.3 Å². The fourth-order valence-corrected chi connectivity index (χ4v) is 5.06. The summed E-state index contributed by atoms with van der Waals surface area (Å²) < 4.78 is 15.9. The number of methoxy groups -OCH3 is 1. The fourth-order valence-electron chi connectivity index (χ4n) is 4.00. The van der Waals surface area contributed by atoms with Gasteiger partial charge in [-0.05, 0) is 61.2 Å². The highest BCUT2D eigenvalue weighted by Crippen LogP contribution is 2.37. The predicted molar refractivity (Wildman–Crippen MR) is 123 cm³/mol. The summed E-state index contributed by atoms with van der Waals surface area (Å²) >= 11 is 1.44. The van der Waals surface area contributed by atoms with E-state index in [1.165, 1.54) is 11.3 Å². The second-order valence-corrected chi connectivity index (χ2v) is 8.94. The highest BCUT2D eigenvalue weighted by Gasteiger charge is 2.30. The second kappa shape index (κ2) is 9.11. The highest BCUT2D eigenvalue weighted by atomic mass is 32.1. The van der Waals surface area contributed by atoms with E-state index in [1.54, 1.807) is 31.4 Å². The number of nitrogens with one attached hydrogen (secondary N) is 2. The van der Waals surface area contributed by atoms with Gasteiger partial charge in [-0.25, -0.2) is 4.98 Å². The van der Waals surface area contributed by atoms with Crippen LogP contribution in [0, 0.1) is 0 Å². The van der Waals surface area contributed by atoms with Crippen LogP contribution in [0.3, 0.4) is 0 Å². The van der Waals surface area contributed by atoms with Crippen LogP contribution in [0.15, 0.2) is 42.5 Å². The summed E-state index contributed by atoms with van der Waals surface area (Å²) in [4.78, 5) is 31.2. The first-order valence-electron chi connectivity index (χ1n) is 10.7. The van der Waals surface area contributed by atoms with Gasteiger partial charge in [0.25, 0.3) is 5.91 Å². The van der Waals surface area contributed by atoms with Gasteiger partial charge in [-0.1, -0.05) is 6.07 Å². The summed E-state index contributed by atoms with van der Waals surface area (Å²) in [5, 5.41) is 6.39. The number of amides is 2. The molecule has 0 spiro atoms.